The molecule has 0 radical (unpaired) electrons. The van der Waals surface area contributed by atoms with E-state index in [2.05, 4.69) is 20.1 Å². The van der Waals surface area contributed by atoms with Crippen LogP contribution in [0, 0.1) is 0 Å². The largest absolute Gasteiger partial charge is 0.314 e. The standard InChI is InChI=1S/C16H19N7O/c1-21-10-11(9-18-21)14-15(23-8-4-3-5-13(23)19-14)20-16(24)12-6-7-17-22(12)2/h6-7,9-10H,3-5,8H2,1-2H3,(H,20,24). The van der Waals surface area contributed by atoms with Crippen LogP contribution in [0.4, 0.5) is 5.82 Å². The molecule has 3 aromatic rings. The maximum atomic E-state index is 12.6. The number of aryl methyl sites for hydroxylation is 3. The van der Waals surface area contributed by atoms with E-state index in [9.17, 15) is 4.79 Å². The van der Waals surface area contributed by atoms with Gasteiger partial charge in [-0.1, -0.05) is 0 Å². The Morgan fingerprint density at radius 1 is 1.25 bits per heavy atom. The number of rotatable bonds is 3. The first kappa shape index (κ1) is 14.7. The van der Waals surface area contributed by atoms with E-state index < -0.39 is 0 Å². The summed E-state index contributed by atoms with van der Waals surface area (Å²) in [6.07, 6.45) is 8.43. The Kier molecular flexibility index (Phi) is 3.44. The number of hydrogen-bond donors (Lipinski definition) is 1. The van der Waals surface area contributed by atoms with E-state index in [1.54, 1.807) is 34.9 Å². The molecule has 1 aliphatic rings. The molecule has 4 heterocycles. The highest BCUT2D eigenvalue weighted by molar-refractivity contribution is 6.04. The van der Waals surface area contributed by atoms with Gasteiger partial charge in [0.2, 0.25) is 0 Å². The Hall–Kier alpha value is -2.90. The van der Waals surface area contributed by atoms with Crippen molar-refractivity contribution >= 4 is 11.7 Å². The van der Waals surface area contributed by atoms with Gasteiger partial charge < -0.3 is 9.88 Å². The van der Waals surface area contributed by atoms with Gasteiger partial charge in [0.05, 0.1) is 6.20 Å². The predicted molar refractivity (Wildman–Crippen MR) is 88.5 cm³/mol. The summed E-state index contributed by atoms with van der Waals surface area (Å²) in [5.41, 5.74) is 2.19. The average Bonchev–Trinajstić information content (AvgIpc) is 3.27. The molecule has 8 nitrogen and oxygen atoms in total. The summed E-state index contributed by atoms with van der Waals surface area (Å²) in [6.45, 7) is 0.865. The van der Waals surface area contributed by atoms with Gasteiger partial charge in [0.15, 0.2) is 0 Å². The Balaban J connectivity index is 1.77. The number of nitrogens with one attached hydrogen (secondary N) is 1. The van der Waals surface area contributed by atoms with E-state index in [1.165, 1.54) is 0 Å². The van der Waals surface area contributed by atoms with Gasteiger partial charge in [-0.05, 0) is 18.9 Å². The molecule has 0 unspecified atom stereocenters. The molecule has 0 saturated carbocycles. The minimum Gasteiger partial charge on any atom is -0.314 e. The third-order valence-electron chi connectivity index (χ3n) is 4.34. The van der Waals surface area contributed by atoms with Crippen molar-refractivity contribution in [3.05, 3.63) is 36.2 Å². The van der Waals surface area contributed by atoms with Gasteiger partial charge in [0.1, 0.15) is 23.0 Å². The molecular weight excluding hydrogens is 306 g/mol. The van der Waals surface area contributed by atoms with Crippen LogP contribution in [0.2, 0.25) is 0 Å². The minimum absolute atomic E-state index is 0.187. The van der Waals surface area contributed by atoms with Crippen LogP contribution >= 0.6 is 0 Å². The lowest BCUT2D eigenvalue weighted by atomic mass is 10.2. The zero-order valence-electron chi connectivity index (χ0n) is 13.7. The molecule has 8 heteroatoms. The zero-order valence-corrected chi connectivity index (χ0v) is 13.7. The van der Waals surface area contributed by atoms with Crippen molar-refractivity contribution in [2.75, 3.05) is 5.32 Å². The van der Waals surface area contributed by atoms with Crippen LogP contribution < -0.4 is 5.32 Å². The number of carbonyl (C=O) groups excluding carboxylic acids is 1. The monoisotopic (exact) mass is 325 g/mol. The summed E-state index contributed by atoms with van der Waals surface area (Å²) in [6, 6.07) is 1.70. The summed E-state index contributed by atoms with van der Waals surface area (Å²) in [5, 5.41) is 11.3. The molecule has 3 aromatic heterocycles. The van der Waals surface area contributed by atoms with E-state index in [4.69, 9.17) is 4.98 Å². The maximum Gasteiger partial charge on any atom is 0.275 e. The fourth-order valence-corrected chi connectivity index (χ4v) is 3.12. The van der Waals surface area contributed by atoms with Gasteiger partial charge >= 0.3 is 0 Å². The Labute approximate surface area is 139 Å². The number of aromatic nitrogens is 6. The van der Waals surface area contributed by atoms with E-state index in [0.29, 0.717) is 5.69 Å². The number of fused-ring (bicyclic) bond motifs is 1. The van der Waals surface area contributed by atoms with Crippen LogP contribution in [-0.4, -0.2) is 35.0 Å². The second kappa shape index (κ2) is 5.63. The first-order valence-electron chi connectivity index (χ1n) is 8.01. The van der Waals surface area contributed by atoms with Crippen LogP contribution in [0.5, 0.6) is 0 Å². The summed E-state index contributed by atoms with van der Waals surface area (Å²) < 4.78 is 5.41. The van der Waals surface area contributed by atoms with Gasteiger partial charge in [-0.2, -0.15) is 10.2 Å². The molecule has 1 amide bonds. The molecule has 24 heavy (non-hydrogen) atoms. The van der Waals surface area contributed by atoms with Gasteiger partial charge in [-0.3, -0.25) is 14.2 Å². The third kappa shape index (κ3) is 2.40. The zero-order chi connectivity index (χ0) is 16.7. The van der Waals surface area contributed by atoms with Crippen molar-refractivity contribution in [2.45, 2.75) is 25.8 Å². The molecule has 0 atom stereocenters. The molecule has 0 saturated heterocycles. The topological polar surface area (TPSA) is 82.6 Å². The predicted octanol–water partition coefficient (Wildman–Crippen LogP) is 1.61. The van der Waals surface area contributed by atoms with E-state index >= 15 is 0 Å². The van der Waals surface area contributed by atoms with Crippen LogP contribution in [0.25, 0.3) is 11.3 Å². The van der Waals surface area contributed by atoms with Gasteiger partial charge in [0.25, 0.3) is 5.91 Å². The average molecular weight is 325 g/mol. The number of amides is 1. The first-order valence-corrected chi connectivity index (χ1v) is 8.01. The van der Waals surface area contributed by atoms with Gasteiger partial charge in [-0.25, -0.2) is 4.98 Å². The van der Waals surface area contributed by atoms with Crippen molar-refractivity contribution < 1.29 is 4.79 Å². The molecular formula is C16H19N7O. The Morgan fingerprint density at radius 2 is 2.12 bits per heavy atom. The Morgan fingerprint density at radius 3 is 2.83 bits per heavy atom. The number of nitrogens with zero attached hydrogens (tertiary/aromatic N) is 6. The van der Waals surface area contributed by atoms with Crippen molar-refractivity contribution in [3.63, 3.8) is 0 Å². The summed E-state index contributed by atoms with van der Waals surface area (Å²) in [4.78, 5) is 17.4. The van der Waals surface area contributed by atoms with Gasteiger partial charge in [0, 0.05) is 45.0 Å². The number of carbonyl (C=O) groups is 1. The lowest BCUT2D eigenvalue weighted by Crippen LogP contribution is -2.20. The quantitative estimate of drug-likeness (QED) is 0.793. The van der Waals surface area contributed by atoms with Crippen LogP contribution in [-0.2, 0) is 27.1 Å². The van der Waals surface area contributed by atoms with E-state index in [1.807, 2.05) is 13.2 Å². The molecule has 124 valence electrons. The van der Waals surface area contributed by atoms with Crippen molar-refractivity contribution in [2.24, 2.45) is 14.1 Å². The van der Waals surface area contributed by atoms with Crippen LogP contribution in [0.1, 0.15) is 29.2 Å². The molecule has 0 aliphatic carbocycles. The van der Waals surface area contributed by atoms with E-state index in [-0.39, 0.29) is 5.91 Å². The SMILES string of the molecule is Cn1cc(-c2nc3n(c2NC(=O)c2ccnn2C)CCCC3)cn1. The molecule has 0 bridgehead atoms. The molecule has 0 aromatic carbocycles. The highest BCUT2D eigenvalue weighted by Crippen LogP contribution is 2.31. The number of hydrogen-bond acceptors (Lipinski definition) is 4. The molecule has 1 aliphatic heterocycles. The molecule has 0 spiro atoms. The van der Waals surface area contributed by atoms with Crippen molar-refractivity contribution in [1.29, 1.82) is 0 Å². The van der Waals surface area contributed by atoms with Crippen molar-refractivity contribution in [1.82, 2.24) is 29.1 Å². The highest BCUT2D eigenvalue weighted by Gasteiger charge is 2.24. The fraction of sp³-hybridized carbons (Fsp3) is 0.375. The summed E-state index contributed by atoms with van der Waals surface area (Å²) >= 11 is 0. The van der Waals surface area contributed by atoms with Crippen LogP contribution in [0.15, 0.2) is 24.7 Å². The lowest BCUT2D eigenvalue weighted by Gasteiger charge is -2.16. The maximum absolute atomic E-state index is 12.6. The van der Waals surface area contributed by atoms with Gasteiger partial charge in [-0.15, -0.1) is 0 Å². The first-order chi connectivity index (χ1) is 11.6. The molecule has 0 fully saturated rings. The number of anilines is 1. The number of imidazole rings is 1. The highest BCUT2D eigenvalue weighted by atomic mass is 16.2. The fourth-order valence-electron chi connectivity index (χ4n) is 3.12. The summed E-state index contributed by atoms with van der Waals surface area (Å²) in [7, 11) is 3.62. The van der Waals surface area contributed by atoms with Crippen LogP contribution in [0.3, 0.4) is 0 Å². The minimum atomic E-state index is -0.187. The normalized spacial score (nSPS) is 13.8. The Bertz CT molecular complexity index is 902. The second-order valence-corrected chi connectivity index (χ2v) is 6.03. The summed E-state index contributed by atoms with van der Waals surface area (Å²) in [5.74, 6) is 1.57. The smallest absolute Gasteiger partial charge is 0.275 e. The van der Waals surface area contributed by atoms with Crippen molar-refractivity contribution in [3.8, 4) is 11.3 Å². The second-order valence-electron chi connectivity index (χ2n) is 6.03. The third-order valence-corrected chi connectivity index (χ3v) is 4.34. The molecule has 4 rings (SSSR count). The van der Waals surface area contributed by atoms with E-state index in [0.717, 1.165) is 48.7 Å². The molecule has 1 N–H and O–H groups in total. The lowest BCUT2D eigenvalue weighted by molar-refractivity contribution is 0.101.